The van der Waals surface area contributed by atoms with Crippen LogP contribution in [0.2, 0.25) is 0 Å². The Kier molecular flexibility index (Phi) is 8.67. The highest BCUT2D eigenvalue weighted by Crippen LogP contribution is 2.19. The van der Waals surface area contributed by atoms with Crippen LogP contribution < -0.4 is 16.0 Å². The van der Waals surface area contributed by atoms with Crippen molar-refractivity contribution in [3.8, 4) is 0 Å². The molecule has 0 saturated heterocycles. The van der Waals surface area contributed by atoms with E-state index in [1.165, 1.54) is 0 Å². The minimum atomic E-state index is -0.310. The molecule has 0 aromatic heterocycles. The van der Waals surface area contributed by atoms with Crippen molar-refractivity contribution < 1.29 is 14.4 Å². The first-order valence-corrected chi connectivity index (χ1v) is 10.00. The van der Waals surface area contributed by atoms with Crippen LogP contribution in [0.4, 0.5) is 10.5 Å². The van der Waals surface area contributed by atoms with Crippen LogP contribution in [0.1, 0.15) is 17.5 Å². The molecule has 0 bridgehead atoms. The van der Waals surface area contributed by atoms with E-state index in [0.717, 1.165) is 15.6 Å². The van der Waals surface area contributed by atoms with Crippen molar-refractivity contribution in [1.82, 2.24) is 15.5 Å². The number of carbonyl (C=O) groups is 3. The van der Waals surface area contributed by atoms with Crippen molar-refractivity contribution in [1.29, 1.82) is 0 Å². The topological polar surface area (TPSA) is 90.5 Å². The number of amides is 4. The molecule has 0 unspecified atom stereocenters. The monoisotopic (exact) mass is 460 g/mol. The summed E-state index contributed by atoms with van der Waals surface area (Å²) in [5, 5.41) is 8.00. The van der Waals surface area contributed by atoms with Crippen molar-refractivity contribution >= 4 is 39.5 Å². The standard InChI is InChI=1S/C21H25BrN4O3/c1-15-12-17(22)8-9-18(15)25-20(28)13-24-19(27)10-11-23-21(29)26(2)14-16-6-4-3-5-7-16/h3-9,12H,10-11,13-14H2,1-2H3,(H,23,29)(H,24,27)(H,25,28). The van der Waals surface area contributed by atoms with Crippen molar-refractivity contribution in [3.63, 3.8) is 0 Å². The Morgan fingerprint density at radius 3 is 2.41 bits per heavy atom. The molecular formula is C21H25BrN4O3. The van der Waals surface area contributed by atoms with Crippen LogP contribution in [-0.4, -0.2) is 42.9 Å². The third kappa shape index (κ3) is 7.95. The number of halogens is 1. The van der Waals surface area contributed by atoms with E-state index < -0.39 is 0 Å². The van der Waals surface area contributed by atoms with Crippen LogP contribution in [0.3, 0.4) is 0 Å². The fourth-order valence-electron chi connectivity index (χ4n) is 2.58. The van der Waals surface area contributed by atoms with E-state index in [2.05, 4.69) is 31.9 Å². The molecule has 0 atom stereocenters. The molecule has 0 heterocycles. The number of carbonyl (C=O) groups excluding carboxylic acids is 3. The molecule has 0 saturated carbocycles. The molecule has 0 aliphatic rings. The van der Waals surface area contributed by atoms with Crippen molar-refractivity contribution in [2.75, 3.05) is 25.5 Å². The van der Waals surface area contributed by atoms with Gasteiger partial charge in [-0.25, -0.2) is 4.79 Å². The Hall–Kier alpha value is -2.87. The summed E-state index contributed by atoms with van der Waals surface area (Å²) in [6.07, 6.45) is 0.0928. The van der Waals surface area contributed by atoms with Crippen molar-refractivity contribution in [3.05, 3.63) is 64.1 Å². The molecule has 154 valence electrons. The second-order valence-electron chi connectivity index (χ2n) is 6.61. The van der Waals surface area contributed by atoms with Crippen LogP contribution >= 0.6 is 15.9 Å². The maximum atomic E-state index is 12.1. The van der Waals surface area contributed by atoms with Crippen LogP contribution in [0, 0.1) is 6.92 Å². The predicted octanol–water partition coefficient (Wildman–Crippen LogP) is 3.04. The fourth-order valence-corrected chi connectivity index (χ4v) is 3.05. The van der Waals surface area contributed by atoms with Gasteiger partial charge in [0.1, 0.15) is 0 Å². The number of nitrogens with zero attached hydrogens (tertiary/aromatic N) is 1. The highest BCUT2D eigenvalue weighted by Gasteiger charge is 2.11. The molecule has 0 fully saturated rings. The molecule has 4 amide bonds. The summed E-state index contributed by atoms with van der Waals surface area (Å²) in [6, 6.07) is 14.9. The quantitative estimate of drug-likeness (QED) is 0.565. The zero-order valence-corrected chi connectivity index (χ0v) is 18.1. The maximum absolute atomic E-state index is 12.1. The summed E-state index contributed by atoms with van der Waals surface area (Å²) >= 11 is 3.37. The van der Waals surface area contributed by atoms with Gasteiger partial charge in [-0.15, -0.1) is 0 Å². The van der Waals surface area contributed by atoms with Gasteiger partial charge in [-0.3, -0.25) is 9.59 Å². The molecule has 0 aliphatic heterocycles. The fraction of sp³-hybridized carbons (Fsp3) is 0.286. The lowest BCUT2D eigenvalue weighted by molar-refractivity contribution is -0.124. The number of urea groups is 1. The summed E-state index contributed by atoms with van der Waals surface area (Å²) in [5.74, 6) is -0.617. The third-order valence-corrected chi connectivity index (χ3v) is 4.64. The van der Waals surface area contributed by atoms with Gasteiger partial charge in [-0.05, 0) is 36.2 Å². The summed E-state index contributed by atoms with van der Waals surface area (Å²) in [4.78, 5) is 37.5. The molecule has 8 heteroatoms. The first kappa shape index (κ1) is 22.4. The van der Waals surface area contributed by atoms with Gasteiger partial charge in [0.2, 0.25) is 11.8 Å². The predicted molar refractivity (Wildman–Crippen MR) is 116 cm³/mol. The number of hydrogen-bond donors (Lipinski definition) is 3. The van der Waals surface area contributed by atoms with Crippen LogP contribution in [0.15, 0.2) is 53.0 Å². The van der Waals surface area contributed by atoms with E-state index in [0.29, 0.717) is 12.2 Å². The Morgan fingerprint density at radius 2 is 1.72 bits per heavy atom. The number of nitrogens with one attached hydrogen (secondary N) is 3. The Morgan fingerprint density at radius 1 is 1.00 bits per heavy atom. The average molecular weight is 461 g/mol. The Bertz CT molecular complexity index is 858. The summed E-state index contributed by atoms with van der Waals surface area (Å²) in [6.45, 7) is 2.43. The van der Waals surface area contributed by atoms with Gasteiger partial charge in [-0.1, -0.05) is 46.3 Å². The van der Waals surface area contributed by atoms with Gasteiger partial charge in [0.05, 0.1) is 6.54 Å². The second kappa shape index (κ2) is 11.2. The first-order chi connectivity index (χ1) is 13.8. The molecule has 29 heavy (non-hydrogen) atoms. The molecule has 3 N–H and O–H groups in total. The average Bonchev–Trinajstić information content (AvgIpc) is 2.69. The Labute approximate surface area is 179 Å². The van der Waals surface area contributed by atoms with E-state index in [-0.39, 0.29) is 37.4 Å². The van der Waals surface area contributed by atoms with Gasteiger partial charge in [-0.2, -0.15) is 0 Å². The summed E-state index contributed by atoms with van der Waals surface area (Å²) in [5.41, 5.74) is 2.64. The van der Waals surface area contributed by atoms with Gasteiger partial charge < -0.3 is 20.9 Å². The van der Waals surface area contributed by atoms with Gasteiger partial charge in [0.25, 0.3) is 0 Å². The SMILES string of the molecule is Cc1cc(Br)ccc1NC(=O)CNC(=O)CCNC(=O)N(C)Cc1ccccc1. The number of hydrogen-bond acceptors (Lipinski definition) is 3. The smallest absolute Gasteiger partial charge is 0.317 e. The molecular weight excluding hydrogens is 436 g/mol. The lowest BCUT2D eigenvalue weighted by Crippen LogP contribution is -2.39. The van der Waals surface area contributed by atoms with Gasteiger partial charge >= 0.3 is 6.03 Å². The first-order valence-electron chi connectivity index (χ1n) is 9.20. The molecule has 0 spiro atoms. The second-order valence-corrected chi connectivity index (χ2v) is 7.52. The van der Waals surface area contributed by atoms with Gasteiger partial charge in [0.15, 0.2) is 0 Å². The minimum Gasteiger partial charge on any atom is -0.347 e. The molecule has 7 nitrogen and oxygen atoms in total. The number of aryl methyl sites for hydroxylation is 1. The van der Waals surface area contributed by atoms with Crippen molar-refractivity contribution in [2.24, 2.45) is 0 Å². The van der Waals surface area contributed by atoms with Gasteiger partial charge in [0, 0.05) is 36.7 Å². The molecule has 2 rings (SSSR count). The molecule has 0 radical (unpaired) electrons. The highest BCUT2D eigenvalue weighted by atomic mass is 79.9. The van der Waals surface area contributed by atoms with E-state index in [9.17, 15) is 14.4 Å². The molecule has 2 aromatic carbocycles. The lowest BCUT2D eigenvalue weighted by Gasteiger charge is -2.18. The lowest BCUT2D eigenvalue weighted by atomic mass is 10.2. The summed E-state index contributed by atoms with van der Waals surface area (Å²) < 4.78 is 0.928. The minimum absolute atomic E-state index is 0.0928. The molecule has 2 aromatic rings. The van der Waals surface area contributed by atoms with E-state index in [1.54, 1.807) is 18.0 Å². The third-order valence-electron chi connectivity index (χ3n) is 4.15. The zero-order chi connectivity index (χ0) is 21.2. The van der Waals surface area contributed by atoms with E-state index >= 15 is 0 Å². The normalized spacial score (nSPS) is 10.2. The van der Waals surface area contributed by atoms with E-state index in [1.807, 2.05) is 49.4 Å². The largest absolute Gasteiger partial charge is 0.347 e. The van der Waals surface area contributed by atoms with Crippen LogP contribution in [0.5, 0.6) is 0 Å². The number of rotatable bonds is 8. The Balaban J connectivity index is 1.65. The van der Waals surface area contributed by atoms with Crippen molar-refractivity contribution in [2.45, 2.75) is 19.9 Å². The zero-order valence-electron chi connectivity index (χ0n) is 16.5. The van der Waals surface area contributed by atoms with Crippen LogP contribution in [-0.2, 0) is 16.1 Å². The summed E-state index contributed by atoms with van der Waals surface area (Å²) in [7, 11) is 1.69. The maximum Gasteiger partial charge on any atom is 0.317 e. The highest BCUT2D eigenvalue weighted by molar-refractivity contribution is 9.10. The molecule has 0 aliphatic carbocycles. The number of anilines is 1. The van der Waals surface area contributed by atoms with Crippen LogP contribution in [0.25, 0.3) is 0 Å². The van der Waals surface area contributed by atoms with E-state index in [4.69, 9.17) is 0 Å². The number of benzene rings is 2.